The monoisotopic (exact) mass is 399 g/mol. The zero-order chi connectivity index (χ0) is 21.1. The van der Waals surface area contributed by atoms with Crippen LogP contribution in [0.15, 0.2) is 0 Å². The van der Waals surface area contributed by atoms with Crippen LogP contribution in [0.3, 0.4) is 0 Å². The lowest BCUT2D eigenvalue weighted by Crippen LogP contribution is -2.28. The van der Waals surface area contributed by atoms with E-state index in [1.807, 2.05) is 14.1 Å². The third kappa shape index (κ3) is 12.4. The molecule has 2 N–H and O–H groups in total. The van der Waals surface area contributed by atoms with Crippen LogP contribution in [0, 0.1) is 17.8 Å². The molecule has 168 valence electrons. The van der Waals surface area contributed by atoms with Crippen LogP contribution < -0.4 is 0 Å². The Morgan fingerprint density at radius 1 is 0.536 bits per heavy atom. The molecule has 3 heterocycles. The molecule has 5 heteroatoms. The molecular weight excluding hydrogens is 350 g/mol. The highest BCUT2D eigenvalue weighted by Crippen LogP contribution is 2.31. The minimum atomic E-state index is -0.0509. The average molecular weight is 400 g/mol. The van der Waals surface area contributed by atoms with E-state index in [1.54, 1.807) is 0 Å². The normalized spacial score (nSPS) is 34.3. The minimum Gasteiger partial charge on any atom is -0.392 e. The lowest BCUT2D eigenvalue weighted by Gasteiger charge is -2.28. The number of aliphatic hydroxyl groups is 2. The minimum absolute atomic E-state index is 0.0509. The van der Waals surface area contributed by atoms with Crippen molar-refractivity contribution in [1.29, 1.82) is 0 Å². The number of likely N-dealkylation sites (tertiary alicyclic amines) is 3. The first-order valence-electron chi connectivity index (χ1n) is 11.6. The fourth-order valence-corrected chi connectivity index (χ4v) is 4.27. The van der Waals surface area contributed by atoms with E-state index in [2.05, 4.69) is 42.5 Å². The summed E-state index contributed by atoms with van der Waals surface area (Å²) in [5, 5.41) is 17.7. The molecule has 2 atom stereocenters. The van der Waals surface area contributed by atoms with E-state index < -0.39 is 0 Å². The first kappa shape index (κ1) is 25.8. The predicted molar refractivity (Wildman–Crippen MR) is 120 cm³/mol. The summed E-state index contributed by atoms with van der Waals surface area (Å²) in [6, 6.07) is 0. The van der Waals surface area contributed by atoms with E-state index in [0.29, 0.717) is 0 Å². The van der Waals surface area contributed by atoms with E-state index in [-0.39, 0.29) is 12.2 Å². The van der Waals surface area contributed by atoms with E-state index in [1.165, 1.54) is 38.8 Å². The molecule has 0 unspecified atom stereocenters. The Morgan fingerprint density at radius 3 is 1.04 bits per heavy atom. The van der Waals surface area contributed by atoms with Crippen LogP contribution in [-0.2, 0) is 0 Å². The smallest absolute Gasteiger partial charge is 0.0679 e. The summed E-state index contributed by atoms with van der Waals surface area (Å²) in [5.74, 6) is 3.06. The molecular formula is C23H49N3O2. The summed E-state index contributed by atoms with van der Waals surface area (Å²) >= 11 is 0. The molecule has 0 aromatic heterocycles. The lowest BCUT2D eigenvalue weighted by atomic mass is 9.78. The molecule has 0 bridgehead atoms. The van der Waals surface area contributed by atoms with Gasteiger partial charge in [-0.1, -0.05) is 20.8 Å². The quantitative estimate of drug-likeness (QED) is 0.656. The average Bonchev–Trinajstić information content (AvgIpc) is 3.17. The van der Waals surface area contributed by atoms with E-state index in [9.17, 15) is 0 Å². The molecule has 3 aliphatic heterocycles. The van der Waals surface area contributed by atoms with Crippen LogP contribution in [0.25, 0.3) is 0 Å². The number of nitrogens with zero attached hydrogens (tertiary/aromatic N) is 3. The van der Waals surface area contributed by atoms with Crippen molar-refractivity contribution in [2.24, 2.45) is 17.8 Å². The molecule has 0 aromatic rings. The topological polar surface area (TPSA) is 50.2 Å². The Balaban J connectivity index is 0.000000188. The summed E-state index contributed by atoms with van der Waals surface area (Å²) in [7, 11) is 6.25. The molecule has 4 rings (SSSR count). The Bertz CT molecular complexity index is 332. The van der Waals surface area contributed by atoms with E-state index >= 15 is 0 Å². The van der Waals surface area contributed by atoms with Gasteiger partial charge < -0.3 is 24.9 Å². The fourth-order valence-electron chi connectivity index (χ4n) is 4.27. The zero-order valence-electron chi connectivity index (χ0n) is 19.6. The summed E-state index contributed by atoms with van der Waals surface area (Å²) in [6.07, 6.45) is 7.55. The number of hydrogen-bond donors (Lipinski definition) is 2. The van der Waals surface area contributed by atoms with Gasteiger partial charge in [0.15, 0.2) is 0 Å². The number of β-amino-alcohol motifs (C(OH)–C–C–N with tert-alkyl or cyclic N) is 2. The molecule has 0 aromatic carbocycles. The van der Waals surface area contributed by atoms with Crippen molar-refractivity contribution >= 4 is 0 Å². The summed E-state index contributed by atoms with van der Waals surface area (Å²) in [6.45, 7) is 13.4. The lowest BCUT2D eigenvalue weighted by molar-refractivity contribution is 0.182. The second-order valence-electron chi connectivity index (χ2n) is 10.1. The second kappa shape index (κ2) is 13.9. The standard InChI is InChI=1S/C7H15N.C6H12.2C5H11NO/c1-7-3-5-8(2)6-4-7;1-5-3-6(2)4-5;2*1-6-3-2-5(7)4-6/h7H,3-6H2,1-2H3;5-6H,3-4H2,1-2H3;2*5,7H,2-4H2,1H3/t;;2*5-/m..10/s1. The van der Waals surface area contributed by atoms with Crippen LogP contribution in [0.5, 0.6) is 0 Å². The third-order valence-electron chi connectivity index (χ3n) is 6.35. The van der Waals surface area contributed by atoms with Gasteiger partial charge in [0.1, 0.15) is 0 Å². The molecule has 3 saturated heterocycles. The Morgan fingerprint density at radius 2 is 0.893 bits per heavy atom. The van der Waals surface area contributed by atoms with E-state index in [0.717, 1.165) is 56.8 Å². The number of hydrogen-bond acceptors (Lipinski definition) is 5. The fraction of sp³-hybridized carbons (Fsp3) is 1.00. The zero-order valence-corrected chi connectivity index (χ0v) is 19.6. The van der Waals surface area contributed by atoms with Gasteiger partial charge in [0, 0.05) is 26.2 Å². The SMILES string of the molecule is CC1CC(C)C1.CC1CCN(C)CC1.CN1CC[C@@H](O)C1.CN1CC[C@H](O)C1. The second-order valence-corrected chi connectivity index (χ2v) is 10.1. The molecule has 1 aliphatic carbocycles. The first-order chi connectivity index (χ1) is 13.2. The summed E-state index contributed by atoms with van der Waals surface area (Å²) in [4.78, 5) is 6.66. The Kier molecular flexibility index (Phi) is 12.8. The maximum absolute atomic E-state index is 8.86. The number of aliphatic hydroxyl groups excluding tert-OH is 2. The predicted octanol–water partition coefficient (Wildman–Crippen LogP) is 2.77. The van der Waals surface area contributed by atoms with Crippen LogP contribution in [-0.4, -0.2) is 97.5 Å². The Hall–Kier alpha value is -0.200. The highest BCUT2D eigenvalue weighted by atomic mass is 16.3. The first-order valence-corrected chi connectivity index (χ1v) is 11.6. The largest absolute Gasteiger partial charge is 0.392 e. The highest BCUT2D eigenvalue weighted by Gasteiger charge is 2.19. The van der Waals surface area contributed by atoms with Crippen molar-refractivity contribution in [2.45, 2.75) is 71.5 Å². The van der Waals surface area contributed by atoms with Gasteiger partial charge in [-0.3, -0.25) is 0 Å². The van der Waals surface area contributed by atoms with Crippen LogP contribution in [0.4, 0.5) is 0 Å². The van der Waals surface area contributed by atoms with Crippen molar-refractivity contribution in [1.82, 2.24) is 14.7 Å². The van der Waals surface area contributed by atoms with Gasteiger partial charge in [-0.05, 0) is 90.5 Å². The van der Waals surface area contributed by atoms with Crippen molar-refractivity contribution in [3.05, 3.63) is 0 Å². The van der Waals surface area contributed by atoms with Gasteiger partial charge in [0.2, 0.25) is 0 Å². The van der Waals surface area contributed by atoms with Crippen molar-refractivity contribution in [3.63, 3.8) is 0 Å². The molecule has 1 saturated carbocycles. The molecule has 4 fully saturated rings. The van der Waals surface area contributed by atoms with Gasteiger partial charge in [-0.15, -0.1) is 0 Å². The number of rotatable bonds is 0. The number of piperidine rings is 1. The molecule has 28 heavy (non-hydrogen) atoms. The molecule has 4 aliphatic rings. The third-order valence-corrected chi connectivity index (χ3v) is 6.35. The molecule has 0 amide bonds. The van der Waals surface area contributed by atoms with Gasteiger partial charge in [0.25, 0.3) is 0 Å². The summed E-state index contributed by atoms with van der Waals surface area (Å²) < 4.78 is 0. The van der Waals surface area contributed by atoms with E-state index in [4.69, 9.17) is 10.2 Å². The van der Waals surface area contributed by atoms with Crippen LogP contribution in [0.1, 0.15) is 59.3 Å². The summed E-state index contributed by atoms with van der Waals surface area (Å²) in [5.41, 5.74) is 0. The van der Waals surface area contributed by atoms with Gasteiger partial charge in [-0.2, -0.15) is 0 Å². The molecule has 5 nitrogen and oxygen atoms in total. The van der Waals surface area contributed by atoms with Gasteiger partial charge in [0.05, 0.1) is 12.2 Å². The maximum Gasteiger partial charge on any atom is 0.0679 e. The van der Waals surface area contributed by atoms with Crippen molar-refractivity contribution < 1.29 is 10.2 Å². The van der Waals surface area contributed by atoms with Gasteiger partial charge in [-0.25, -0.2) is 0 Å². The maximum atomic E-state index is 8.86. The highest BCUT2D eigenvalue weighted by molar-refractivity contribution is 4.71. The van der Waals surface area contributed by atoms with Crippen molar-refractivity contribution in [3.8, 4) is 0 Å². The van der Waals surface area contributed by atoms with Crippen molar-refractivity contribution in [2.75, 3.05) is 60.4 Å². The van der Waals surface area contributed by atoms with Gasteiger partial charge >= 0.3 is 0 Å². The molecule has 0 radical (unpaired) electrons. The van der Waals surface area contributed by atoms with Crippen LogP contribution in [0.2, 0.25) is 0 Å². The Labute approximate surface area is 175 Å². The van der Waals surface area contributed by atoms with Crippen LogP contribution >= 0.6 is 0 Å². The molecule has 0 spiro atoms. The number of likely N-dealkylation sites (N-methyl/N-ethyl adjacent to an activating group) is 2.